The predicted molar refractivity (Wildman–Crippen MR) is 82.3 cm³/mol. The van der Waals surface area contributed by atoms with Crippen molar-refractivity contribution in [3.05, 3.63) is 63.1 Å². The van der Waals surface area contributed by atoms with E-state index in [0.29, 0.717) is 13.2 Å². The summed E-state index contributed by atoms with van der Waals surface area (Å²) in [4.78, 5) is 0. The van der Waals surface area contributed by atoms with Gasteiger partial charge in [0.1, 0.15) is 12.4 Å². The number of benzene rings is 2. The number of aryl methyl sites for hydroxylation is 2. The van der Waals surface area contributed by atoms with Crippen LogP contribution in [-0.4, -0.2) is 0 Å². The molecule has 0 heterocycles. The molecule has 0 aliphatic heterocycles. The van der Waals surface area contributed by atoms with E-state index in [2.05, 4.69) is 41.9 Å². The van der Waals surface area contributed by atoms with E-state index in [9.17, 15) is 0 Å². The van der Waals surface area contributed by atoms with Gasteiger partial charge in [-0.05, 0) is 48.2 Å². The third-order valence-corrected chi connectivity index (χ3v) is 4.32. The van der Waals surface area contributed by atoms with Crippen LogP contribution in [0.3, 0.4) is 0 Å². The summed E-state index contributed by atoms with van der Waals surface area (Å²) in [5.74, 6) is 0.904. The number of halogens is 1. The molecule has 0 radical (unpaired) electrons. The van der Waals surface area contributed by atoms with E-state index in [4.69, 9.17) is 10.5 Å². The lowest BCUT2D eigenvalue weighted by atomic mass is 10.1. The van der Waals surface area contributed by atoms with Gasteiger partial charge in [-0.1, -0.05) is 40.2 Å². The lowest BCUT2D eigenvalue weighted by molar-refractivity contribution is 0.305. The second-order valence-electron chi connectivity index (χ2n) is 4.68. The van der Waals surface area contributed by atoms with Crippen molar-refractivity contribution < 1.29 is 4.74 Å². The Morgan fingerprint density at radius 1 is 1.00 bits per heavy atom. The average Bonchev–Trinajstić information content (AvgIpc) is 2.43. The molecule has 3 heteroatoms. The van der Waals surface area contributed by atoms with Gasteiger partial charge in [0.25, 0.3) is 0 Å². The van der Waals surface area contributed by atoms with Crippen molar-refractivity contribution in [3.63, 3.8) is 0 Å². The molecular formula is C16H18BrNO. The first kappa shape index (κ1) is 14.1. The lowest BCUT2D eigenvalue weighted by Crippen LogP contribution is -1.99. The van der Waals surface area contributed by atoms with Crippen LogP contribution in [0.15, 0.2) is 40.9 Å². The van der Waals surface area contributed by atoms with E-state index in [1.54, 1.807) is 0 Å². The number of hydrogen-bond acceptors (Lipinski definition) is 2. The number of hydrogen-bond donors (Lipinski definition) is 1. The molecule has 2 N–H and O–H groups in total. The molecule has 0 fully saturated rings. The van der Waals surface area contributed by atoms with Crippen LogP contribution < -0.4 is 10.5 Å². The summed E-state index contributed by atoms with van der Waals surface area (Å²) in [7, 11) is 0. The summed E-state index contributed by atoms with van der Waals surface area (Å²) in [6.07, 6.45) is 0. The predicted octanol–water partition coefficient (Wildman–Crippen LogP) is 4.10. The summed E-state index contributed by atoms with van der Waals surface area (Å²) in [6.45, 7) is 5.29. The van der Waals surface area contributed by atoms with Gasteiger partial charge in [-0.25, -0.2) is 0 Å². The minimum atomic E-state index is 0.575. The van der Waals surface area contributed by atoms with Crippen molar-refractivity contribution in [2.45, 2.75) is 27.0 Å². The van der Waals surface area contributed by atoms with Crippen LogP contribution in [-0.2, 0) is 13.2 Å². The Morgan fingerprint density at radius 2 is 1.53 bits per heavy atom. The highest BCUT2D eigenvalue weighted by molar-refractivity contribution is 9.10. The van der Waals surface area contributed by atoms with Crippen molar-refractivity contribution in [2.24, 2.45) is 5.73 Å². The van der Waals surface area contributed by atoms with Crippen LogP contribution in [0.4, 0.5) is 0 Å². The highest BCUT2D eigenvalue weighted by Crippen LogP contribution is 2.26. The van der Waals surface area contributed by atoms with Gasteiger partial charge in [0.05, 0.1) is 0 Å². The summed E-state index contributed by atoms with van der Waals surface area (Å²) in [5.41, 5.74) is 10.2. The number of nitrogens with two attached hydrogens (primary N) is 1. The maximum atomic E-state index is 5.83. The first-order valence-corrected chi connectivity index (χ1v) is 7.07. The summed E-state index contributed by atoms with van der Waals surface area (Å²) < 4.78 is 6.98. The topological polar surface area (TPSA) is 35.2 Å². The fraction of sp³-hybridized carbons (Fsp3) is 0.250. The van der Waals surface area contributed by atoms with E-state index in [1.165, 1.54) is 11.1 Å². The fourth-order valence-corrected chi connectivity index (χ4v) is 2.16. The Balaban J connectivity index is 2.05. The minimum Gasteiger partial charge on any atom is -0.489 e. The summed E-state index contributed by atoms with van der Waals surface area (Å²) in [6, 6.07) is 12.3. The molecule has 0 unspecified atom stereocenters. The summed E-state index contributed by atoms with van der Waals surface area (Å²) >= 11 is 3.56. The molecule has 2 nitrogen and oxygen atoms in total. The molecule has 2 aromatic rings. The van der Waals surface area contributed by atoms with Gasteiger partial charge >= 0.3 is 0 Å². The normalized spacial score (nSPS) is 10.5. The molecule has 2 rings (SSSR count). The Bertz CT molecular complexity index is 540. The van der Waals surface area contributed by atoms with Gasteiger partial charge in [0, 0.05) is 11.0 Å². The Labute approximate surface area is 122 Å². The number of rotatable bonds is 4. The molecule has 0 aromatic heterocycles. The average molecular weight is 320 g/mol. The van der Waals surface area contributed by atoms with Crippen LogP contribution in [0.2, 0.25) is 0 Å². The quantitative estimate of drug-likeness (QED) is 0.920. The molecule has 0 amide bonds. The molecule has 0 spiro atoms. The lowest BCUT2D eigenvalue weighted by Gasteiger charge is -2.10. The van der Waals surface area contributed by atoms with Crippen LogP contribution >= 0.6 is 15.9 Å². The zero-order valence-corrected chi connectivity index (χ0v) is 12.8. The third kappa shape index (κ3) is 3.58. The maximum Gasteiger partial charge on any atom is 0.120 e. The SMILES string of the molecule is Cc1cc(OCc2ccc(CN)cc2)cc(C)c1Br. The fourth-order valence-electron chi connectivity index (χ4n) is 1.93. The zero-order valence-electron chi connectivity index (χ0n) is 11.2. The van der Waals surface area contributed by atoms with E-state index in [1.807, 2.05) is 24.3 Å². The smallest absolute Gasteiger partial charge is 0.120 e. The molecule has 0 saturated carbocycles. The van der Waals surface area contributed by atoms with Crippen LogP contribution in [0.25, 0.3) is 0 Å². The molecule has 100 valence electrons. The minimum absolute atomic E-state index is 0.575. The van der Waals surface area contributed by atoms with E-state index in [0.717, 1.165) is 21.3 Å². The van der Waals surface area contributed by atoms with Gasteiger partial charge in [0.15, 0.2) is 0 Å². The Morgan fingerprint density at radius 3 is 2.05 bits per heavy atom. The van der Waals surface area contributed by atoms with Crippen LogP contribution in [0, 0.1) is 13.8 Å². The molecule has 0 atom stereocenters. The van der Waals surface area contributed by atoms with Gasteiger partial charge in [-0.15, -0.1) is 0 Å². The van der Waals surface area contributed by atoms with Crippen molar-refractivity contribution in [3.8, 4) is 5.75 Å². The third-order valence-electron chi connectivity index (χ3n) is 3.07. The van der Waals surface area contributed by atoms with Gasteiger partial charge in [0.2, 0.25) is 0 Å². The zero-order chi connectivity index (χ0) is 13.8. The monoisotopic (exact) mass is 319 g/mol. The number of ether oxygens (including phenoxy) is 1. The molecule has 19 heavy (non-hydrogen) atoms. The first-order chi connectivity index (χ1) is 9.10. The molecule has 0 bridgehead atoms. The highest BCUT2D eigenvalue weighted by atomic mass is 79.9. The first-order valence-electron chi connectivity index (χ1n) is 6.27. The van der Waals surface area contributed by atoms with E-state index < -0.39 is 0 Å². The van der Waals surface area contributed by atoms with Gasteiger partial charge in [-0.2, -0.15) is 0 Å². The highest BCUT2D eigenvalue weighted by Gasteiger charge is 2.03. The van der Waals surface area contributed by atoms with Crippen molar-refractivity contribution in [1.29, 1.82) is 0 Å². The van der Waals surface area contributed by atoms with Gasteiger partial charge < -0.3 is 10.5 Å². The second-order valence-corrected chi connectivity index (χ2v) is 5.47. The molecule has 2 aromatic carbocycles. The maximum absolute atomic E-state index is 5.83. The summed E-state index contributed by atoms with van der Waals surface area (Å²) in [5, 5.41) is 0. The molecule has 0 aliphatic carbocycles. The second kappa shape index (κ2) is 6.22. The van der Waals surface area contributed by atoms with E-state index >= 15 is 0 Å². The van der Waals surface area contributed by atoms with Gasteiger partial charge in [-0.3, -0.25) is 0 Å². The van der Waals surface area contributed by atoms with Crippen molar-refractivity contribution in [1.82, 2.24) is 0 Å². The van der Waals surface area contributed by atoms with Crippen LogP contribution in [0.1, 0.15) is 22.3 Å². The molecule has 0 aliphatic rings. The molecule has 0 saturated heterocycles. The van der Waals surface area contributed by atoms with Crippen LogP contribution in [0.5, 0.6) is 5.75 Å². The van der Waals surface area contributed by atoms with Crippen molar-refractivity contribution >= 4 is 15.9 Å². The standard InChI is InChI=1S/C16H18BrNO/c1-11-7-15(8-12(2)16(11)17)19-10-14-5-3-13(9-18)4-6-14/h3-8H,9-10,18H2,1-2H3. The largest absolute Gasteiger partial charge is 0.489 e. The molecular weight excluding hydrogens is 302 g/mol. The van der Waals surface area contributed by atoms with E-state index in [-0.39, 0.29) is 0 Å². The van der Waals surface area contributed by atoms with Crippen molar-refractivity contribution in [2.75, 3.05) is 0 Å². The Kier molecular flexibility index (Phi) is 4.61. The Hall–Kier alpha value is -1.32.